The molecule has 0 saturated carbocycles. The van der Waals surface area contributed by atoms with E-state index in [1.54, 1.807) is 13.0 Å². The highest BCUT2D eigenvalue weighted by Crippen LogP contribution is 2.42. The second kappa shape index (κ2) is 11.2. The van der Waals surface area contributed by atoms with E-state index >= 15 is 0 Å². The van der Waals surface area contributed by atoms with E-state index in [9.17, 15) is 9.59 Å². The number of nitrogens with two attached hydrogens (primary N) is 2. The van der Waals surface area contributed by atoms with Crippen molar-refractivity contribution in [2.45, 2.75) is 46.5 Å². The maximum absolute atomic E-state index is 13.7. The molecule has 1 aliphatic rings. The summed E-state index contributed by atoms with van der Waals surface area (Å²) in [4.78, 5) is 28.4. The van der Waals surface area contributed by atoms with Crippen molar-refractivity contribution in [3.8, 4) is 11.1 Å². The molecule has 0 fully saturated rings. The average Bonchev–Trinajstić information content (AvgIpc) is 2.90. The molecule has 1 heterocycles. The minimum atomic E-state index is -0.272. The number of amidine groups is 2. The minimum absolute atomic E-state index is 0.216. The van der Waals surface area contributed by atoms with E-state index in [1.807, 2.05) is 49.4 Å². The average molecular weight is 499 g/mol. The number of rotatable bonds is 10. The number of nitrogens with zero attached hydrogens (tertiary/aromatic N) is 3. The van der Waals surface area contributed by atoms with Gasteiger partial charge < -0.3 is 16.8 Å². The molecule has 2 amide bonds. The van der Waals surface area contributed by atoms with E-state index in [0.717, 1.165) is 54.4 Å². The Labute approximate surface area is 217 Å². The van der Waals surface area contributed by atoms with Gasteiger partial charge in [0.25, 0.3) is 11.8 Å². The molecular formula is C29H34N6O2. The SMILES string of the molecule is CCCCNc1c(-c2ccccc2/C(N)=N/N=C(/C)N)cc2c3c(cccc13)C(=O)N(CCCC)C2=O. The molecule has 3 aromatic rings. The minimum Gasteiger partial charge on any atom is -0.386 e. The Morgan fingerprint density at radius 2 is 1.57 bits per heavy atom. The Kier molecular flexibility index (Phi) is 7.86. The third-order valence-electron chi connectivity index (χ3n) is 6.49. The van der Waals surface area contributed by atoms with Crippen LogP contribution < -0.4 is 16.8 Å². The van der Waals surface area contributed by atoms with Crippen LogP contribution in [0.4, 0.5) is 5.69 Å². The Morgan fingerprint density at radius 1 is 0.865 bits per heavy atom. The van der Waals surface area contributed by atoms with Crippen molar-refractivity contribution in [2.24, 2.45) is 21.7 Å². The normalized spacial score (nSPS) is 14.0. The van der Waals surface area contributed by atoms with E-state index in [4.69, 9.17) is 11.5 Å². The number of benzene rings is 3. The first-order valence-electron chi connectivity index (χ1n) is 12.8. The Morgan fingerprint density at radius 3 is 2.30 bits per heavy atom. The van der Waals surface area contributed by atoms with Crippen LogP contribution in [0.15, 0.2) is 58.7 Å². The lowest BCUT2D eigenvalue weighted by Crippen LogP contribution is -2.41. The molecule has 0 radical (unpaired) electrons. The fourth-order valence-electron chi connectivity index (χ4n) is 4.65. The van der Waals surface area contributed by atoms with Gasteiger partial charge in [-0.3, -0.25) is 14.5 Å². The molecule has 37 heavy (non-hydrogen) atoms. The Hall–Kier alpha value is -4.20. The molecule has 5 N–H and O–H groups in total. The highest BCUT2D eigenvalue weighted by Gasteiger charge is 2.34. The summed E-state index contributed by atoms with van der Waals surface area (Å²) in [5.74, 6) is 0.00233. The lowest BCUT2D eigenvalue weighted by molar-refractivity contribution is 0.0608. The summed E-state index contributed by atoms with van der Waals surface area (Å²) < 4.78 is 0. The highest BCUT2D eigenvalue weighted by molar-refractivity contribution is 6.28. The first-order chi connectivity index (χ1) is 17.9. The van der Waals surface area contributed by atoms with Crippen LogP contribution in [0.25, 0.3) is 21.9 Å². The first-order valence-corrected chi connectivity index (χ1v) is 12.8. The highest BCUT2D eigenvalue weighted by atomic mass is 16.2. The van der Waals surface area contributed by atoms with Crippen LogP contribution in [0.2, 0.25) is 0 Å². The Balaban J connectivity index is 2.01. The van der Waals surface area contributed by atoms with Crippen LogP contribution in [-0.4, -0.2) is 41.5 Å². The molecule has 0 bridgehead atoms. The quantitative estimate of drug-likeness (QED) is 0.118. The van der Waals surface area contributed by atoms with Crippen molar-refractivity contribution in [2.75, 3.05) is 18.4 Å². The van der Waals surface area contributed by atoms with Crippen LogP contribution in [0, 0.1) is 0 Å². The van der Waals surface area contributed by atoms with Gasteiger partial charge in [0.1, 0.15) is 5.84 Å². The van der Waals surface area contributed by atoms with Gasteiger partial charge in [-0.05, 0) is 37.5 Å². The molecule has 4 rings (SSSR count). The third-order valence-corrected chi connectivity index (χ3v) is 6.49. The summed E-state index contributed by atoms with van der Waals surface area (Å²) in [6, 6.07) is 15.2. The number of unbranched alkanes of at least 4 members (excludes halogenated alkanes) is 2. The van der Waals surface area contributed by atoms with Crippen LogP contribution in [0.5, 0.6) is 0 Å². The van der Waals surface area contributed by atoms with Crippen molar-refractivity contribution < 1.29 is 9.59 Å². The van der Waals surface area contributed by atoms with E-state index in [-0.39, 0.29) is 17.6 Å². The summed E-state index contributed by atoms with van der Waals surface area (Å²) in [5, 5.41) is 13.1. The second-order valence-electron chi connectivity index (χ2n) is 9.24. The van der Waals surface area contributed by atoms with Crippen LogP contribution in [-0.2, 0) is 0 Å². The predicted molar refractivity (Wildman–Crippen MR) is 151 cm³/mol. The zero-order chi connectivity index (χ0) is 26.5. The lowest BCUT2D eigenvalue weighted by atomic mass is 9.87. The number of anilines is 1. The van der Waals surface area contributed by atoms with Gasteiger partial charge in [0.05, 0.1) is 5.69 Å². The number of carbonyl (C=O) groups excluding carboxylic acids is 2. The fourth-order valence-corrected chi connectivity index (χ4v) is 4.65. The second-order valence-corrected chi connectivity index (χ2v) is 9.24. The summed E-state index contributed by atoms with van der Waals surface area (Å²) in [5.41, 5.74) is 16.2. The van der Waals surface area contributed by atoms with Crippen molar-refractivity contribution in [3.63, 3.8) is 0 Å². The summed E-state index contributed by atoms with van der Waals surface area (Å²) in [6.45, 7) is 6.95. The number of hydrogen-bond acceptors (Lipinski definition) is 5. The number of carbonyl (C=O) groups is 2. The molecule has 0 saturated heterocycles. The first kappa shape index (κ1) is 25.9. The zero-order valence-electron chi connectivity index (χ0n) is 21.7. The van der Waals surface area contributed by atoms with Gasteiger partial charge in [-0.15, -0.1) is 10.2 Å². The fraction of sp³-hybridized carbons (Fsp3) is 0.310. The van der Waals surface area contributed by atoms with Crippen molar-refractivity contribution in [1.82, 2.24) is 4.90 Å². The topological polar surface area (TPSA) is 126 Å². The van der Waals surface area contributed by atoms with Gasteiger partial charge in [0, 0.05) is 46.1 Å². The lowest BCUT2D eigenvalue weighted by Gasteiger charge is -2.29. The molecule has 0 aromatic heterocycles. The number of imide groups is 1. The number of nitrogens with one attached hydrogen (secondary N) is 1. The van der Waals surface area contributed by atoms with E-state index in [2.05, 4.69) is 22.4 Å². The number of amides is 2. The third kappa shape index (κ3) is 5.05. The van der Waals surface area contributed by atoms with E-state index < -0.39 is 0 Å². The molecule has 0 atom stereocenters. The molecule has 8 heteroatoms. The van der Waals surface area contributed by atoms with Gasteiger partial charge >= 0.3 is 0 Å². The summed E-state index contributed by atoms with van der Waals surface area (Å²) in [6.07, 6.45) is 3.64. The largest absolute Gasteiger partial charge is 0.386 e. The van der Waals surface area contributed by atoms with Gasteiger partial charge in [0.15, 0.2) is 5.84 Å². The smallest absolute Gasteiger partial charge is 0.261 e. The van der Waals surface area contributed by atoms with Gasteiger partial charge in [0.2, 0.25) is 0 Å². The molecule has 1 aliphatic heterocycles. The zero-order valence-corrected chi connectivity index (χ0v) is 21.7. The van der Waals surface area contributed by atoms with E-state index in [1.165, 1.54) is 4.90 Å². The Bertz CT molecular complexity index is 1410. The molecule has 0 aliphatic carbocycles. The number of hydrogen-bond donors (Lipinski definition) is 3. The van der Waals surface area contributed by atoms with Gasteiger partial charge in [-0.2, -0.15) is 0 Å². The van der Waals surface area contributed by atoms with E-state index in [0.29, 0.717) is 34.5 Å². The molecular weight excluding hydrogens is 464 g/mol. The summed E-state index contributed by atoms with van der Waals surface area (Å²) >= 11 is 0. The van der Waals surface area contributed by atoms with Crippen molar-refractivity contribution in [3.05, 3.63) is 65.2 Å². The van der Waals surface area contributed by atoms with Crippen molar-refractivity contribution >= 4 is 39.9 Å². The monoisotopic (exact) mass is 498 g/mol. The van der Waals surface area contributed by atoms with Gasteiger partial charge in [-0.1, -0.05) is 63.1 Å². The summed E-state index contributed by atoms with van der Waals surface area (Å²) in [7, 11) is 0. The van der Waals surface area contributed by atoms with Crippen molar-refractivity contribution in [1.29, 1.82) is 0 Å². The standard InChI is InChI=1S/C29H34N6O2/c1-4-6-15-32-26-21-13-10-14-22-25(21)24(29(37)35(28(22)36)16-7-5-2)17-23(26)19-11-8-9-12-20(19)27(31)34-33-18(3)30/h8-14,17,32H,4-7,15-16H2,1-3H3,(H2,30,33)(H2,31,34). The van der Waals surface area contributed by atoms with Crippen LogP contribution >= 0.6 is 0 Å². The molecule has 3 aromatic carbocycles. The molecule has 0 spiro atoms. The van der Waals surface area contributed by atoms with Crippen LogP contribution in [0.3, 0.4) is 0 Å². The molecule has 192 valence electrons. The molecule has 0 unspecified atom stereocenters. The maximum Gasteiger partial charge on any atom is 0.261 e. The molecule has 8 nitrogen and oxygen atoms in total. The van der Waals surface area contributed by atoms with Gasteiger partial charge in [-0.25, -0.2) is 0 Å². The predicted octanol–water partition coefficient (Wildman–Crippen LogP) is 5.11. The van der Waals surface area contributed by atoms with Crippen LogP contribution in [0.1, 0.15) is 72.7 Å². The maximum atomic E-state index is 13.7.